The Hall–Kier alpha value is -1.05. The third kappa shape index (κ3) is 7.79. The van der Waals surface area contributed by atoms with Gasteiger partial charge in [0, 0.05) is 22.9 Å². The number of benzene rings is 1. The summed E-state index contributed by atoms with van der Waals surface area (Å²) in [5, 5.41) is 3.53. The van der Waals surface area contributed by atoms with Crippen LogP contribution in [0, 0.1) is 0 Å². The Balaban J connectivity index is 1.84. The van der Waals surface area contributed by atoms with Gasteiger partial charge in [-0.25, -0.2) is 8.42 Å². The van der Waals surface area contributed by atoms with E-state index in [0.717, 1.165) is 17.3 Å². The fourth-order valence-electron chi connectivity index (χ4n) is 2.89. The van der Waals surface area contributed by atoms with E-state index in [1.807, 2.05) is 30.0 Å². The number of carbonyl (C=O) groups is 1. The molecule has 1 saturated carbocycles. The Morgan fingerprint density at radius 3 is 2.72 bits per heavy atom. The lowest BCUT2D eigenvalue weighted by Gasteiger charge is -2.21. The maximum atomic E-state index is 12.1. The Kier molecular flexibility index (Phi) is 7.78. The van der Waals surface area contributed by atoms with E-state index in [-0.39, 0.29) is 18.1 Å². The van der Waals surface area contributed by atoms with Crippen LogP contribution in [0.15, 0.2) is 24.3 Å². The van der Waals surface area contributed by atoms with Gasteiger partial charge in [0.05, 0.1) is 11.8 Å². The molecular weight excluding hydrogens is 356 g/mol. The lowest BCUT2D eigenvalue weighted by atomic mass is 10.0. The second-order valence-corrected chi connectivity index (χ2v) is 10.3. The SMILES string of the molecule is CS(=O)(=O)CCC(N)C(=O)Nc1cccc(CSC2CCCCC2)c1. The summed E-state index contributed by atoms with van der Waals surface area (Å²) >= 11 is 1.99. The summed E-state index contributed by atoms with van der Waals surface area (Å²) in [5.74, 6) is 0.509. The first-order chi connectivity index (χ1) is 11.8. The summed E-state index contributed by atoms with van der Waals surface area (Å²) < 4.78 is 22.3. The number of sulfone groups is 1. The first-order valence-corrected chi connectivity index (χ1v) is 11.9. The average Bonchev–Trinajstić information content (AvgIpc) is 2.58. The van der Waals surface area contributed by atoms with E-state index in [9.17, 15) is 13.2 Å². The normalized spacial score (nSPS) is 17.2. The van der Waals surface area contributed by atoms with Crippen LogP contribution in [0.25, 0.3) is 0 Å². The van der Waals surface area contributed by atoms with Crippen molar-refractivity contribution in [3.8, 4) is 0 Å². The Labute approximate surface area is 155 Å². The number of hydrogen-bond donors (Lipinski definition) is 2. The molecule has 140 valence electrons. The van der Waals surface area contributed by atoms with Crippen molar-refractivity contribution in [1.29, 1.82) is 0 Å². The zero-order valence-electron chi connectivity index (χ0n) is 14.7. The summed E-state index contributed by atoms with van der Waals surface area (Å²) in [6.45, 7) is 0. The molecule has 0 bridgehead atoms. The summed E-state index contributed by atoms with van der Waals surface area (Å²) in [5.41, 5.74) is 7.67. The first-order valence-electron chi connectivity index (χ1n) is 8.78. The minimum absolute atomic E-state index is 0.0837. The summed E-state index contributed by atoms with van der Waals surface area (Å²) in [6.07, 6.45) is 7.90. The Bertz CT molecular complexity index is 671. The number of rotatable bonds is 8. The number of nitrogens with one attached hydrogen (secondary N) is 1. The largest absolute Gasteiger partial charge is 0.325 e. The quantitative estimate of drug-likeness (QED) is 0.719. The molecule has 1 aliphatic rings. The second-order valence-electron chi connectivity index (χ2n) is 6.79. The van der Waals surface area contributed by atoms with Gasteiger partial charge in [-0.05, 0) is 37.0 Å². The van der Waals surface area contributed by atoms with Crippen LogP contribution in [-0.2, 0) is 20.4 Å². The highest BCUT2D eigenvalue weighted by Crippen LogP contribution is 2.30. The average molecular weight is 385 g/mol. The van der Waals surface area contributed by atoms with E-state index in [1.165, 1.54) is 37.7 Å². The smallest absolute Gasteiger partial charge is 0.241 e. The molecular formula is C18H28N2O3S2. The van der Waals surface area contributed by atoms with Crippen molar-refractivity contribution in [1.82, 2.24) is 0 Å². The fourth-order valence-corrected chi connectivity index (χ4v) is 4.85. The van der Waals surface area contributed by atoms with Gasteiger partial charge in [0.15, 0.2) is 0 Å². The van der Waals surface area contributed by atoms with E-state index in [0.29, 0.717) is 5.69 Å². The van der Waals surface area contributed by atoms with E-state index >= 15 is 0 Å². The van der Waals surface area contributed by atoms with Crippen molar-refractivity contribution >= 4 is 33.2 Å². The molecule has 1 aromatic carbocycles. The number of nitrogens with two attached hydrogens (primary N) is 1. The van der Waals surface area contributed by atoms with E-state index in [1.54, 1.807) is 0 Å². The molecule has 1 unspecified atom stereocenters. The van der Waals surface area contributed by atoms with Gasteiger partial charge < -0.3 is 11.1 Å². The molecule has 1 aromatic rings. The topological polar surface area (TPSA) is 89.3 Å². The van der Waals surface area contributed by atoms with Gasteiger partial charge in [-0.1, -0.05) is 31.4 Å². The zero-order chi connectivity index (χ0) is 18.3. The van der Waals surface area contributed by atoms with Crippen LogP contribution < -0.4 is 11.1 Å². The number of thioether (sulfide) groups is 1. The minimum Gasteiger partial charge on any atom is -0.325 e. The van der Waals surface area contributed by atoms with Gasteiger partial charge in [0.2, 0.25) is 5.91 Å². The van der Waals surface area contributed by atoms with Crippen molar-refractivity contribution in [3.63, 3.8) is 0 Å². The number of anilines is 1. The number of amides is 1. The van der Waals surface area contributed by atoms with E-state index in [2.05, 4.69) is 11.4 Å². The maximum absolute atomic E-state index is 12.1. The molecule has 0 aromatic heterocycles. The van der Waals surface area contributed by atoms with Crippen molar-refractivity contribution < 1.29 is 13.2 Å². The van der Waals surface area contributed by atoms with Crippen LogP contribution in [0.4, 0.5) is 5.69 Å². The van der Waals surface area contributed by atoms with Gasteiger partial charge in [-0.2, -0.15) is 11.8 Å². The summed E-state index contributed by atoms with van der Waals surface area (Å²) in [4.78, 5) is 12.1. The second kappa shape index (κ2) is 9.59. The highest BCUT2D eigenvalue weighted by atomic mass is 32.2. The van der Waals surface area contributed by atoms with Crippen LogP contribution in [0.2, 0.25) is 0 Å². The summed E-state index contributed by atoms with van der Waals surface area (Å²) in [7, 11) is -3.11. The number of hydrogen-bond acceptors (Lipinski definition) is 5. The molecule has 7 heteroatoms. The Morgan fingerprint density at radius 2 is 2.04 bits per heavy atom. The third-order valence-electron chi connectivity index (χ3n) is 4.37. The maximum Gasteiger partial charge on any atom is 0.241 e. The molecule has 1 fully saturated rings. The van der Waals surface area contributed by atoms with Crippen molar-refractivity contribution in [2.24, 2.45) is 5.73 Å². The monoisotopic (exact) mass is 384 g/mol. The van der Waals surface area contributed by atoms with Crippen molar-refractivity contribution in [3.05, 3.63) is 29.8 Å². The third-order valence-corrected chi connectivity index (χ3v) is 6.79. The molecule has 1 atom stereocenters. The van der Waals surface area contributed by atoms with Gasteiger partial charge >= 0.3 is 0 Å². The number of carbonyl (C=O) groups excluding carboxylic acids is 1. The standard InChI is InChI=1S/C18H28N2O3S2/c1-25(22,23)11-10-17(19)18(21)20-15-7-5-6-14(12-15)13-24-16-8-3-2-4-9-16/h5-7,12,16-17H,2-4,8-11,13,19H2,1H3,(H,20,21). The van der Waals surface area contributed by atoms with Crippen LogP contribution in [0.1, 0.15) is 44.1 Å². The van der Waals surface area contributed by atoms with Crippen LogP contribution in [-0.4, -0.2) is 37.6 Å². The van der Waals surface area contributed by atoms with Crippen molar-refractivity contribution in [2.75, 3.05) is 17.3 Å². The molecule has 1 amide bonds. The lowest BCUT2D eigenvalue weighted by molar-refractivity contribution is -0.117. The molecule has 0 spiro atoms. The van der Waals surface area contributed by atoms with Crippen LogP contribution in [0.3, 0.4) is 0 Å². The highest BCUT2D eigenvalue weighted by molar-refractivity contribution is 7.99. The molecule has 2 rings (SSSR count). The molecule has 25 heavy (non-hydrogen) atoms. The zero-order valence-corrected chi connectivity index (χ0v) is 16.4. The van der Waals surface area contributed by atoms with Gasteiger partial charge in [0.25, 0.3) is 0 Å². The van der Waals surface area contributed by atoms with Crippen LogP contribution in [0.5, 0.6) is 0 Å². The van der Waals surface area contributed by atoms with Crippen molar-refractivity contribution in [2.45, 2.75) is 55.6 Å². The lowest BCUT2D eigenvalue weighted by Crippen LogP contribution is -2.37. The molecule has 5 nitrogen and oxygen atoms in total. The predicted octanol–water partition coefficient (Wildman–Crippen LogP) is 2.95. The van der Waals surface area contributed by atoms with E-state index < -0.39 is 15.9 Å². The molecule has 1 aliphatic carbocycles. The van der Waals surface area contributed by atoms with Gasteiger partial charge in [0.1, 0.15) is 9.84 Å². The molecule has 0 heterocycles. The first kappa shape index (κ1) is 20.3. The van der Waals surface area contributed by atoms with Crippen LogP contribution >= 0.6 is 11.8 Å². The highest BCUT2D eigenvalue weighted by Gasteiger charge is 2.17. The molecule has 3 N–H and O–H groups in total. The minimum atomic E-state index is -3.11. The fraction of sp³-hybridized carbons (Fsp3) is 0.611. The molecule has 0 aliphatic heterocycles. The predicted molar refractivity (Wildman–Crippen MR) is 106 cm³/mol. The van der Waals surface area contributed by atoms with E-state index in [4.69, 9.17) is 5.73 Å². The Morgan fingerprint density at radius 1 is 1.32 bits per heavy atom. The molecule has 0 radical (unpaired) electrons. The molecule has 0 saturated heterocycles. The van der Waals surface area contributed by atoms with Gasteiger partial charge in [-0.15, -0.1) is 0 Å². The summed E-state index contributed by atoms with van der Waals surface area (Å²) in [6, 6.07) is 6.96. The van der Waals surface area contributed by atoms with Gasteiger partial charge in [-0.3, -0.25) is 4.79 Å².